The lowest BCUT2D eigenvalue weighted by Gasteiger charge is -2.17. The summed E-state index contributed by atoms with van der Waals surface area (Å²) >= 11 is 0. The molecule has 2 saturated heterocycles. The lowest BCUT2D eigenvalue weighted by Crippen LogP contribution is -2.30. The third kappa shape index (κ3) is 1.19. The molecule has 0 aromatic rings. The van der Waals surface area contributed by atoms with Crippen molar-refractivity contribution in [3.05, 3.63) is 0 Å². The van der Waals surface area contributed by atoms with Gasteiger partial charge in [-0.25, -0.2) is 0 Å². The maximum Gasteiger partial charge on any atom is 0.345 e. The van der Waals surface area contributed by atoms with Gasteiger partial charge >= 0.3 is 10.5 Å². The molecule has 0 aromatic carbocycles. The van der Waals surface area contributed by atoms with Crippen LogP contribution in [-0.2, 0) is 9.22 Å². The average Bonchev–Trinajstić information content (AvgIpc) is 2.62. The summed E-state index contributed by atoms with van der Waals surface area (Å²) in [5.41, 5.74) is 0. The first-order valence-corrected chi connectivity index (χ1v) is 4.85. The van der Waals surface area contributed by atoms with Gasteiger partial charge in [0.2, 0.25) is 0 Å². The summed E-state index contributed by atoms with van der Waals surface area (Å²) in [5, 5.41) is 0. The van der Waals surface area contributed by atoms with Gasteiger partial charge in [-0.05, 0) is 32.4 Å². The molecular weight excluding hydrogens is 170 g/mol. The Labute approximate surface area is 75.6 Å². The van der Waals surface area contributed by atoms with Crippen molar-refractivity contribution in [1.82, 2.24) is 4.90 Å². The van der Waals surface area contributed by atoms with E-state index in [1.807, 2.05) is 0 Å². The Morgan fingerprint density at radius 1 is 1.42 bits per heavy atom. The molecule has 3 nitrogen and oxygen atoms in total. The molecule has 2 fully saturated rings. The Bertz CT molecular complexity index is 197. The molecule has 0 saturated carbocycles. The highest BCUT2D eigenvalue weighted by atomic mass is 28.2. The highest BCUT2D eigenvalue weighted by molar-refractivity contribution is 6.05. The molecule has 2 heterocycles. The van der Waals surface area contributed by atoms with Gasteiger partial charge in [-0.1, -0.05) is 0 Å². The molecule has 2 atom stereocenters. The Morgan fingerprint density at radius 2 is 2.25 bits per heavy atom. The SMILES string of the molecule is O=C(O[Si])C1CCN2CCCC12. The van der Waals surface area contributed by atoms with Gasteiger partial charge in [-0.15, -0.1) is 0 Å². The normalized spacial score (nSPS) is 35.1. The first kappa shape index (κ1) is 8.25. The molecule has 0 aliphatic carbocycles. The molecule has 0 N–H and O–H groups in total. The Kier molecular flexibility index (Phi) is 2.19. The monoisotopic (exact) mass is 182 g/mol. The largest absolute Gasteiger partial charge is 0.516 e. The second-order valence-corrected chi connectivity index (χ2v) is 3.77. The summed E-state index contributed by atoms with van der Waals surface area (Å²) in [6, 6.07) is 0.467. The van der Waals surface area contributed by atoms with Gasteiger partial charge in [0.1, 0.15) is 0 Å². The van der Waals surface area contributed by atoms with Crippen LogP contribution < -0.4 is 0 Å². The van der Waals surface area contributed by atoms with Crippen molar-refractivity contribution in [1.29, 1.82) is 0 Å². The summed E-state index contributed by atoms with van der Waals surface area (Å²) < 4.78 is 4.58. The van der Waals surface area contributed by atoms with Gasteiger partial charge in [-0.3, -0.25) is 9.69 Å². The highest BCUT2D eigenvalue weighted by Crippen LogP contribution is 2.33. The maximum atomic E-state index is 11.3. The van der Waals surface area contributed by atoms with Crippen LogP contribution in [0.2, 0.25) is 0 Å². The molecule has 2 aliphatic rings. The number of fused-ring (bicyclic) bond motifs is 1. The van der Waals surface area contributed by atoms with Crippen molar-refractivity contribution in [3.63, 3.8) is 0 Å². The van der Waals surface area contributed by atoms with E-state index in [0.29, 0.717) is 6.04 Å². The van der Waals surface area contributed by atoms with Gasteiger partial charge < -0.3 is 4.43 Å². The standard InChI is InChI=1S/C8H12NO2Si/c10-8(11-12)6-3-5-9-4-1-2-7(6)9/h6-7H,1-5H2. The Morgan fingerprint density at radius 3 is 3.00 bits per heavy atom. The summed E-state index contributed by atoms with van der Waals surface area (Å²) in [5.74, 6) is 0.0195. The molecule has 0 bridgehead atoms. The minimum absolute atomic E-state index is 0.0962. The van der Waals surface area contributed by atoms with Gasteiger partial charge in [-0.2, -0.15) is 0 Å². The van der Waals surface area contributed by atoms with Crippen molar-refractivity contribution >= 4 is 16.5 Å². The smallest absolute Gasteiger partial charge is 0.345 e. The zero-order chi connectivity index (χ0) is 8.55. The fourth-order valence-electron chi connectivity index (χ4n) is 2.43. The minimum Gasteiger partial charge on any atom is -0.516 e. The molecule has 12 heavy (non-hydrogen) atoms. The van der Waals surface area contributed by atoms with Gasteiger partial charge in [0, 0.05) is 6.04 Å². The average molecular weight is 182 g/mol. The topological polar surface area (TPSA) is 29.5 Å². The van der Waals surface area contributed by atoms with E-state index in [1.54, 1.807) is 0 Å². The van der Waals surface area contributed by atoms with E-state index >= 15 is 0 Å². The fourth-order valence-corrected chi connectivity index (χ4v) is 2.58. The molecule has 0 aromatic heterocycles. The van der Waals surface area contributed by atoms with Crippen LogP contribution in [0.1, 0.15) is 19.3 Å². The molecule has 65 valence electrons. The third-order valence-electron chi connectivity index (χ3n) is 3.01. The quantitative estimate of drug-likeness (QED) is 0.539. The number of carbonyl (C=O) groups is 1. The molecule has 2 aliphatic heterocycles. The van der Waals surface area contributed by atoms with Gasteiger partial charge in [0.05, 0.1) is 5.92 Å². The van der Waals surface area contributed by atoms with Crippen LogP contribution in [-0.4, -0.2) is 40.5 Å². The van der Waals surface area contributed by atoms with Crippen molar-refractivity contribution < 1.29 is 9.22 Å². The van der Waals surface area contributed by atoms with Crippen molar-refractivity contribution in [3.8, 4) is 0 Å². The van der Waals surface area contributed by atoms with Crippen LogP contribution in [0.5, 0.6) is 0 Å². The van der Waals surface area contributed by atoms with E-state index in [-0.39, 0.29) is 11.9 Å². The maximum absolute atomic E-state index is 11.3. The van der Waals surface area contributed by atoms with E-state index in [1.165, 1.54) is 6.42 Å². The third-order valence-corrected chi connectivity index (χ3v) is 3.21. The van der Waals surface area contributed by atoms with Gasteiger partial charge in [0.15, 0.2) is 0 Å². The molecular formula is C8H12NO2Si. The summed E-state index contributed by atoms with van der Waals surface area (Å²) in [6.45, 7) is 2.23. The molecule has 2 unspecified atom stereocenters. The van der Waals surface area contributed by atoms with Crippen LogP contribution in [0.15, 0.2) is 0 Å². The number of hydrogen-bond donors (Lipinski definition) is 0. The van der Waals surface area contributed by atoms with Crippen molar-refractivity contribution in [2.75, 3.05) is 13.1 Å². The van der Waals surface area contributed by atoms with Crippen LogP contribution in [0, 0.1) is 5.92 Å². The number of carbonyl (C=O) groups excluding carboxylic acids is 1. The van der Waals surface area contributed by atoms with E-state index in [4.69, 9.17) is 0 Å². The lowest BCUT2D eigenvalue weighted by molar-refractivity contribution is -0.139. The lowest BCUT2D eigenvalue weighted by atomic mass is 9.99. The first-order chi connectivity index (χ1) is 5.83. The zero-order valence-electron chi connectivity index (χ0n) is 6.95. The number of hydrogen-bond acceptors (Lipinski definition) is 3. The first-order valence-electron chi connectivity index (χ1n) is 4.44. The van der Waals surface area contributed by atoms with Crippen molar-refractivity contribution in [2.24, 2.45) is 5.92 Å². The van der Waals surface area contributed by atoms with E-state index in [0.717, 1.165) is 25.9 Å². The fraction of sp³-hybridized carbons (Fsp3) is 0.875. The molecule has 0 spiro atoms. The van der Waals surface area contributed by atoms with E-state index < -0.39 is 0 Å². The summed E-state index contributed by atoms with van der Waals surface area (Å²) in [7, 11) is 2.80. The predicted molar refractivity (Wildman–Crippen MR) is 44.5 cm³/mol. The van der Waals surface area contributed by atoms with Crippen molar-refractivity contribution in [2.45, 2.75) is 25.3 Å². The highest BCUT2D eigenvalue weighted by Gasteiger charge is 2.41. The second kappa shape index (κ2) is 3.18. The molecule has 4 heteroatoms. The Hall–Kier alpha value is -0.353. The Balaban J connectivity index is 2.04. The van der Waals surface area contributed by atoms with Crippen LogP contribution in [0.25, 0.3) is 0 Å². The minimum atomic E-state index is -0.0962. The molecule has 3 radical (unpaired) electrons. The number of rotatable bonds is 1. The summed E-state index contributed by atoms with van der Waals surface area (Å²) in [4.78, 5) is 13.7. The van der Waals surface area contributed by atoms with E-state index in [9.17, 15) is 4.79 Å². The van der Waals surface area contributed by atoms with Crippen LogP contribution in [0.4, 0.5) is 0 Å². The predicted octanol–water partition coefficient (Wildman–Crippen LogP) is 0.0974. The zero-order valence-corrected chi connectivity index (χ0v) is 7.95. The van der Waals surface area contributed by atoms with Crippen LogP contribution in [0.3, 0.4) is 0 Å². The second-order valence-electron chi connectivity index (χ2n) is 3.56. The summed E-state index contributed by atoms with van der Waals surface area (Å²) in [6.07, 6.45) is 3.36. The molecule has 0 amide bonds. The van der Waals surface area contributed by atoms with Crippen LogP contribution >= 0.6 is 0 Å². The number of nitrogens with zero attached hydrogens (tertiary/aromatic N) is 1. The van der Waals surface area contributed by atoms with E-state index in [2.05, 4.69) is 19.8 Å². The van der Waals surface area contributed by atoms with Gasteiger partial charge in [0.25, 0.3) is 5.97 Å². The molecule has 2 rings (SSSR count).